The summed E-state index contributed by atoms with van der Waals surface area (Å²) in [6.45, 7) is 6.83. The maximum atomic E-state index is 12.6. The summed E-state index contributed by atoms with van der Waals surface area (Å²) >= 11 is 0. The van der Waals surface area contributed by atoms with Gasteiger partial charge in [0.05, 0.1) is 11.4 Å². The summed E-state index contributed by atoms with van der Waals surface area (Å²) in [4.78, 5) is 13.6. The fourth-order valence-corrected chi connectivity index (χ4v) is 4.75. The lowest BCUT2D eigenvalue weighted by molar-refractivity contribution is 0.252. The van der Waals surface area contributed by atoms with E-state index in [4.69, 9.17) is 0 Å². The molecular weight excluding hydrogens is 374 g/mol. The van der Waals surface area contributed by atoms with Gasteiger partial charge in [-0.3, -0.25) is 4.90 Å². The molecule has 1 heterocycles. The van der Waals surface area contributed by atoms with Gasteiger partial charge in [-0.2, -0.15) is 4.72 Å². The topological polar surface area (TPSA) is 78.5 Å². The highest BCUT2D eigenvalue weighted by Gasteiger charge is 2.21. The van der Waals surface area contributed by atoms with Crippen LogP contribution in [0.25, 0.3) is 0 Å². The second kappa shape index (κ2) is 8.05. The number of nitrogens with zero attached hydrogens (tertiary/aromatic N) is 1. The van der Waals surface area contributed by atoms with Crippen LogP contribution < -0.4 is 14.9 Å². The number of anilines is 1. The lowest BCUT2D eigenvalue weighted by atomic mass is 10.1. The Morgan fingerprint density at radius 1 is 1.11 bits per heavy atom. The van der Waals surface area contributed by atoms with Crippen LogP contribution in [0.4, 0.5) is 10.5 Å². The van der Waals surface area contributed by atoms with Crippen molar-refractivity contribution in [3.05, 3.63) is 58.7 Å². The van der Waals surface area contributed by atoms with Gasteiger partial charge < -0.3 is 5.32 Å². The zero-order valence-electron chi connectivity index (χ0n) is 16.2. The Kier molecular flexibility index (Phi) is 5.73. The minimum absolute atomic E-state index is 0.0192. The highest BCUT2D eigenvalue weighted by Crippen LogP contribution is 2.21. The lowest BCUT2D eigenvalue weighted by Gasteiger charge is -2.13. The molecule has 0 bridgehead atoms. The van der Waals surface area contributed by atoms with Gasteiger partial charge in [0.25, 0.3) is 0 Å². The van der Waals surface area contributed by atoms with Gasteiger partial charge in [-0.1, -0.05) is 29.5 Å². The maximum Gasteiger partial charge on any atom is 0.321 e. The van der Waals surface area contributed by atoms with Crippen molar-refractivity contribution in [3.8, 4) is 11.8 Å². The Morgan fingerprint density at radius 3 is 2.32 bits per heavy atom. The second-order valence-corrected chi connectivity index (χ2v) is 8.49. The summed E-state index contributed by atoms with van der Waals surface area (Å²) in [6.07, 6.45) is 0. The van der Waals surface area contributed by atoms with Gasteiger partial charge in [0, 0.05) is 24.3 Å². The molecule has 2 aromatic carbocycles. The van der Waals surface area contributed by atoms with Crippen LogP contribution in [0.3, 0.4) is 0 Å². The van der Waals surface area contributed by atoms with Crippen LogP contribution in [0, 0.1) is 32.6 Å². The van der Waals surface area contributed by atoms with Gasteiger partial charge in [0.2, 0.25) is 10.0 Å². The molecule has 3 rings (SSSR count). The molecule has 6 nitrogen and oxygen atoms in total. The number of hydrogen-bond acceptors (Lipinski definition) is 3. The van der Waals surface area contributed by atoms with Crippen molar-refractivity contribution in [2.75, 3.05) is 24.5 Å². The van der Waals surface area contributed by atoms with Crippen LogP contribution >= 0.6 is 0 Å². The van der Waals surface area contributed by atoms with Crippen LogP contribution in [0.2, 0.25) is 0 Å². The second-order valence-electron chi connectivity index (χ2n) is 6.78. The predicted octanol–water partition coefficient (Wildman–Crippen LogP) is 2.47. The van der Waals surface area contributed by atoms with Crippen molar-refractivity contribution in [2.45, 2.75) is 25.7 Å². The highest BCUT2D eigenvalue weighted by atomic mass is 32.2. The Labute approximate surface area is 166 Å². The van der Waals surface area contributed by atoms with Gasteiger partial charge in [0.1, 0.15) is 0 Å². The zero-order valence-corrected chi connectivity index (χ0v) is 17.0. The number of sulfonamides is 1. The Balaban J connectivity index is 1.66. The number of nitrogens with one attached hydrogen (secondary N) is 2. The number of aryl methyl sites for hydroxylation is 3. The summed E-state index contributed by atoms with van der Waals surface area (Å²) in [6, 6.07) is 10.9. The normalized spacial score (nSPS) is 13.8. The molecule has 0 aromatic heterocycles. The molecule has 0 atom stereocenters. The van der Waals surface area contributed by atoms with E-state index in [0.717, 1.165) is 27.9 Å². The summed E-state index contributed by atoms with van der Waals surface area (Å²) in [5.74, 6) is 5.78. The number of hydrogen-bond donors (Lipinski definition) is 2. The van der Waals surface area contributed by atoms with E-state index in [1.807, 2.05) is 43.3 Å². The third-order valence-corrected chi connectivity index (χ3v) is 6.20. The van der Waals surface area contributed by atoms with E-state index < -0.39 is 10.0 Å². The standard InChI is InChI=1S/C21H23N3O3S/c1-15-13-16(2)20(17(3)14-15)28(26,27)23-10-4-5-18-6-8-19(9-7-18)24-12-11-22-21(24)25/h6-9,13-14,23H,10-12H2,1-3H3,(H,22,25). The van der Waals surface area contributed by atoms with Crippen molar-refractivity contribution >= 4 is 21.7 Å². The molecule has 1 aliphatic rings. The van der Waals surface area contributed by atoms with Crippen molar-refractivity contribution in [2.24, 2.45) is 0 Å². The maximum absolute atomic E-state index is 12.6. The summed E-state index contributed by atoms with van der Waals surface area (Å²) < 4.78 is 27.7. The molecule has 28 heavy (non-hydrogen) atoms. The van der Waals surface area contributed by atoms with Crippen LogP contribution in [-0.4, -0.2) is 34.1 Å². The summed E-state index contributed by atoms with van der Waals surface area (Å²) in [5, 5.41) is 2.76. The number of carbonyl (C=O) groups is 1. The molecule has 0 saturated carbocycles. The first-order valence-electron chi connectivity index (χ1n) is 9.00. The molecular formula is C21H23N3O3S. The van der Waals surface area contributed by atoms with E-state index in [1.165, 1.54) is 0 Å². The Hall–Kier alpha value is -2.82. The Bertz CT molecular complexity index is 1040. The summed E-state index contributed by atoms with van der Waals surface area (Å²) in [5.41, 5.74) is 4.04. The first-order chi connectivity index (χ1) is 13.3. The number of urea groups is 1. The predicted molar refractivity (Wildman–Crippen MR) is 110 cm³/mol. The molecule has 1 saturated heterocycles. The van der Waals surface area contributed by atoms with Crippen molar-refractivity contribution in [3.63, 3.8) is 0 Å². The van der Waals surface area contributed by atoms with E-state index >= 15 is 0 Å². The highest BCUT2D eigenvalue weighted by molar-refractivity contribution is 7.89. The number of carbonyl (C=O) groups excluding carboxylic acids is 1. The van der Waals surface area contributed by atoms with Crippen LogP contribution in [-0.2, 0) is 10.0 Å². The third-order valence-electron chi connectivity index (χ3n) is 4.49. The minimum Gasteiger partial charge on any atom is -0.336 e. The monoisotopic (exact) mass is 397 g/mol. The van der Waals surface area contributed by atoms with Crippen molar-refractivity contribution < 1.29 is 13.2 Å². The molecule has 146 valence electrons. The van der Waals surface area contributed by atoms with Gasteiger partial charge in [-0.25, -0.2) is 13.2 Å². The minimum atomic E-state index is -3.62. The fraction of sp³-hybridized carbons (Fsp3) is 0.286. The smallest absolute Gasteiger partial charge is 0.321 e. The van der Waals surface area contributed by atoms with Crippen LogP contribution in [0.15, 0.2) is 41.3 Å². The van der Waals surface area contributed by atoms with E-state index in [9.17, 15) is 13.2 Å². The van der Waals surface area contributed by atoms with Gasteiger partial charge in [-0.15, -0.1) is 0 Å². The van der Waals surface area contributed by atoms with E-state index in [2.05, 4.69) is 21.9 Å². The largest absolute Gasteiger partial charge is 0.336 e. The quantitative estimate of drug-likeness (QED) is 0.778. The van der Waals surface area contributed by atoms with Crippen molar-refractivity contribution in [1.29, 1.82) is 0 Å². The van der Waals surface area contributed by atoms with Gasteiger partial charge in [-0.05, 0) is 56.2 Å². The lowest BCUT2D eigenvalue weighted by Crippen LogP contribution is -2.27. The van der Waals surface area contributed by atoms with Crippen molar-refractivity contribution in [1.82, 2.24) is 10.0 Å². The first-order valence-corrected chi connectivity index (χ1v) is 10.5. The average Bonchev–Trinajstić information content (AvgIpc) is 3.04. The first kappa shape index (κ1) is 19.9. The average molecular weight is 398 g/mol. The number of amides is 2. The third kappa shape index (κ3) is 4.35. The molecule has 2 amide bonds. The van der Waals surface area contributed by atoms with Gasteiger partial charge >= 0.3 is 6.03 Å². The van der Waals surface area contributed by atoms with E-state index in [1.54, 1.807) is 18.7 Å². The van der Waals surface area contributed by atoms with Crippen LogP contribution in [0.5, 0.6) is 0 Å². The molecule has 1 fully saturated rings. The molecule has 0 unspecified atom stereocenters. The number of rotatable bonds is 4. The molecule has 2 N–H and O–H groups in total. The molecule has 0 spiro atoms. The fourth-order valence-electron chi connectivity index (χ4n) is 3.38. The molecule has 0 aliphatic carbocycles. The Morgan fingerprint density at radius 2 is 1.75 bits per heavy atom. The SMILES string of the molecule is Cc1cc(C)c(S(=O)(=O)NCC#Cc2ccc(N3CCNC3=O)cc2)c(C)c1. The summed E-state index contributed by atoms with van der Waals surface area (Å²) in [7, 11) is -3.62. The zero-order chi connectivity index (χ0) is 20.3. The molecule has 1 aliphatic heterocycles. The van der Waals surface area contributed by atoms with E-state index in [-0.39, 0.29) is 12.6 Å². The van der Waals surface area contributed by atoms with Gasteiger partial charge in [0.15, 0.2) is 0 Å². The number of benzene rings is 2. The van der Waals surface area contributed by atoms with E-state index in [0.29, 0.717) is 18.0 Å². The molecule has 0 radical (unpaired) electrons. The van der Waals surface area contributed by atoms with Crippen LogP contribution in [0.1, 0.15) is 22.3 Å². The molecule has 7 heteroatoms. The molecule has 2 aromatic rings.